The van der Waals surface area contributed by atoms with Gasteiger partial charge in [0.2, 0.25) is 0 Å². The van der Waals surface area contributed by atoms with Crippen LogP contribution >= 0.6 is 0 Å². The summed E-state index contributed by atoms with van der Waals surface area (Å²) in [5.74, 6) is 0. The highest BCUT2D eigenvalue weighted by atomic mass is 15.4. The molecule has 1 rings (SSSR count). The molecule has 0 radical (unpaired) electrons. The second-order valence-corrected chi connectivity index (χ2v) is 3.05. The zero-order valence-corrected chi connectivity index (χ0v) is 8.65. The lowest BCUT2D eigenvalue weighted by Crippen LogP contribution is -2.10. The van der Waals surface area contributed by atoms with Crippen molar-refractivity contribution in [2.24, 2.45) is 12.1 Å². The van der Waals surface area contributed by atoms with Crippen molar-refractivity contribution < 1.29 is 0 Å². The first-order valence-corrected chi connectivity index (χ1v) is 4.39. The van der Waals surface area contributed by atoms with Gasteiger partial charge in [-0.2, -0.15) is 10.2 Å². The zero-order valence-electron chi connectivity index (χ0n) is 8.65. The molecule has 0 bridgehead atoms. The molecule has 0 atom stereocenters. The highest BCUT2D eigenvalue weighted by Gasteiger charge is 2.00. The molecule has 0 amide bonds. The molecular formula is C9H16N4. The van der Waals surface area contributed by atoms with E-state index in [0.29, 0.717) is 0 Å². The van der Waals surface area contributed by atoms with E-state index in [1.165, 1.54) is 0 Å². The minimum Gasteiger partial charge on any atom is -0.300 e. The van der Waals surface area contributed by atoms with Crippen LogP contribution in [0.4, 0.5) is 0 Å². The van der Waals surface area contributed by atoms with E-state index >= 15 is 0 Å². The van der Waals surface area contributed by atoms with Crippen LogP contribution in [0.15, 0.2) is 11.3 Å². The molecule has 0 fully saturated rings. The minimum atomic E-state index is 0.910. The van der Waals surface area contributed by atoms with E-state index in [2.05, 4.69) is 17.1 Å². The van der Waals surface area contributed by atoms with Crippen LogP contribution in [0.2, 0.25) is 0 Å². The third-order valence-corrected chi connectivity index (χ3v) is 2.01. The van der Waals surface area contributed by atoms with Gasteiger partial charge in [-0.25, -0.2) is 0 Å². The van der Waals surface area contributed by atoms with Crippen LogP contribution in [0.1, 0.15) is 18.2 Å². The lowest BCUT2D eigenvalue weighted by atomic mass is 10.3. The summed E-state index contributed by atoms with van der Waals surface area (Å²) in [5, 5.41) is 10.3. The number of hydrogen-bond acceptors (Lipinski definition) is 3. The quantitative estimate of drug-likeness (QED) is 0.514. The molecule has 0 N–H and O–H groups in total. The molecule has 0 aliphatic heterocycles. The van der Waals surface area contributed by atoms with E-state index in [0.717, 1.165) is 17.8 Å². The fourth-order valence-electron chi connectivity index (χ4n) is 0.977. The van der Waals surface area contributed by atoms with E-state index < -0.39 is 0 Å². The average Bonchev–Trinajstić information content (AvgIpc) is 2.43. The van der Waals surface area contributed by atoms with Gasteiger partial charge in [0.15, 0.2) is 0 Å². The van der Waals surface area contributed by atoms with Gasteiger partial charge in [-0.05, 0) is 19.4 Å². The summed E-state index contributed by atoms with van der Waals surface area (Å²) in [6.07, 6.45) is 3.68. The first kappa shape index (κ1) is 9.77. The molecule has 1 aromatic heterocycles. The zero-order chi connectivity index (χ0) is 9.84. The Hall–Kier alpha value is -1.32. The predicted octanol–water partition coefficient (Wildman–Crippen LogP) is 1.01. The van der Waals surface area contributed by atoms with Crippen molar-refractivity contribution in [3.63, 3.8) is 0 Å². The van der Waals surface area contributed by atoms with Gasteiger partial charge >= 0.3 is 0 Å². The third kappa shape index (κ3) is 2.31. The summed E-state index contributed by atoms with van der Waals surface area (Å²) in [5.41, 5.74) is 2.20. The SMILES string of the molecule is CCN(C)/N=C/c1c(C)cnn1C. The number of aromatic nitrogens is 2. The van der Waals surface area contributed by atoms with Gasteiger partial charge in [0.05, 0.1) is 18.1 Å². The van der Waals surface area contributed by atoms with Gasteiger partial charge in [-0.1, -0.05) is 0 Å². The molecule has 4 nitrogen and oxygen atoms in total. The highest BCUT2D eigenvalue weighted by molar-refractivity contribution is 5.78. The fourth-order valence-corrected chi connectivity index (χ4v) is 0.977. The lowest BCUT2D eigenvalue weighted by molar-refractivity contribution is 0.377. The molecule has 1 aromatic rings. The second-order valence-electron chi connectivity index (χ2n) is 3.05. The molecule has 0 aromatic carbocycles. The maximum atomic E-state index is 4.25. The Bertz CT molecular complexity index is 281. The van der Waals surface area contributed by atoms with Gasteiger partial charge in [0.1, 0.15) is 0 Å². The predicted molar refractivity (Wildman–Crippen MR) is 53.8 cm³/mol. The van der Waals surface area contributed by atoms with Crippen LogP contribution < -0.4 is 0 Å². The normalized spacial score (nSPS) is 11.1. The Balaban J connectivity index is 2.78. The van der Waals surface area contributed by atoms with Crippen molar-refractivity contribution in [3.05, 3.63) is 17.5 Å². The van der Waals surface area contributed by atoms with Gasteiger partial charge in [-0.15, -0.1) is 0 Å². The number of rotatable bonds is 3. The molecule has 72 valence electrons. The van der Waals surface area contributed by atoms with Crippen LogP contribution in [0, 0.1) is 6.92 Å². The summed E-state index contributed by atoms with van der Waals surface area (Å²) >= 11 is 0. The summed E-state index contributed by atoms with van der Waals surface area (Å²) in [4.78, 5) is 0. The molecule has 13 heavy (non-hydrogen) atoms. The number of hydrazone groups is 1. The first-order chi connectivity index (χ1) is 6.15. The number of hydrogen-bond donors (Lipinski definition) is 0. The van der Waals surface area contributed by atoms with Gasteiger partial charge in [0, 0.05) is 20.6 Å². The Labute approximate surface area is 78.9 Å². The maximum absolute atomic E-state index is 4.25. The molecule has 0 saturated carbocycles. The van der Waals surface area contributed by atoms with E-state index in [1.54, 1.807) is 0 Å². The van der Waals surface area contributed by atoms with E-state index in [4.69, 9.17) is 0 Å². The Morgan fingerprint density at radius 2 is 2.38 bits per heavy atom. The summed E-state index contributed by atoms with van der Waals surface area (Å²) < 4.78 is 1.82. The van der Waals surface area contributed by atoms with Crippen LogP contribution in [0.5, 0.6) is 0 Å². The average molecular weight is 180 g/mol. The van der Waals surface area contributed by atoms with Crippen molar-refractivity contribution in [3.8, 4) is 0 Å². The van der Waals surface area contributed by atoms with Gasteiger partial charge in [-0.3, -0.25) is 4.68 Å². The second kappa shape index (κ2) is 4.07. The number of aryl methyl sites for hydroxylation is 2. The first-order valence-electron chi connectivity index (χ1n) is 4.39. The maximum Gasteiger partial charge on any atom is 0.0836 e. The van der Waals surface area contributed by atoms with E-state index in [1.807, 2.05) is 43.1 Å². The summed E-state index contributed by atoms with van der Waals surface area (Å²) in [6.45, 7) is 5.00. The standard InChI is InChI=1S/C9H16N4/c1-5-12(3)10-7-9-8(2)6-11-13(9)4/h6-7H,5H2,1-4H3/b10-7+. The topological polar surface area (TPSA) is 33.4 Å². The number of nitrogens with zero attached hydrogens (tertiary/aromatic N) is 4. The largest absolute Gasteiger partial charge is 0.300 e. The van der Waals surface area contributed by atoms with Gasteiger partial charge < -0.3 is 5.01 Å². The molecule has 4 heteroatoms. The third-order valence-electron chi connectivity index (χ3n) is 2.01. The van der Waals surface area contributed by atoms with Gasteiger partial charge in [0.25, 0.3) is 0 Å². The smallest absolute Gasteiger partial charge is 0.0836 e. The molecule has 0 spiro atoms. The minimum absolute atomic E-state index is 0.910. The fraction of sp³-hybridized carbons (Fsp3) is 0.556. The molecule has 0 aliphatic rings. The molecular weight excluding hydrogens is 164 g/mol. The van der Waals surface area contributed by atoms with E-state index in [-0.39, 0.29) is 0 Å². The lowest BCUT2D eigenvalue weighted by Gasteiger charge is -2.07. The van der Waals surface area contributed by atoms with Crippen LogP contribution in [0.3, 0.4) is 0 Å². The van der Waals surface area contributed by atoms with Crippen molar-refractivity contribution in [1.82, 2.24) is 14.8 Å². The van der Waals surface area contributed by atoms with Crippen LogP contribution in [0.25, 0.3) is 0 Å². The van der Waals surface area contributed by atoms with Crippen molar-refractivity contribution >= 4 is 6.21 Å². The highest BCUT2D eigenvalue weighted by Crippen LogP contribution is 2.01. The van der Waals surface area contributed by atoms with Crippen molar-refractivity contribution in [2.75, 3.05) is 13.6 Å². The monoisotopic (exact) mass is 180 g/mol. The summed E-state index contributed by atoms with van der Waals surface area (Å²) in [7, 11) is 3.86. The molecule has 0 aliphatic carbocycles. The Morgan fingerprint density at radius 1 is 1.69 bits per heavy atom. The Morgan fingerprint density at radius 3 is 2.85 bits per heavy atom. The molecule has 1 heterocycles. The van der Waals surface area contributed by atoms with Crippen molar-refractivity contribution in [2.45, 2.75) is 13.8 Å². The Kier molecular flexibility index (Phi) is 3.06. The molecule has 0 saturated heterocycles. The van der Waals surface area contributed by atoms with Crippen LogP contribution in [-0.4, -0.2) is 34.6 Å². The van der Waals surface area contributed by atoms with E-state index in [9.17, 15) is 0 Å². The van der Waals surface area contributed by atoms with Crippen molar-refractivity contribution in [1.29, 1.82) is 0 Å². The van der Waals surface area contributed by atoms with Crippen LogP contribution in [-0.2, 0) is 7.05 Å². The summed E-state index contributed by atoms with van der Waals surface area (Å²) in [6, 6.07) is 0. The molecule has 0 unspecified atom stereocenters.